The van der Waals surface area contributed by atoms with Crippen molar-refractivity contribution < 1.29 is 0 Å². The molecule has 54 valence electrons. The quantitative estimate of drug-likeness (QED) is 0.584. The molecule has 0 atom stereocenters. The van der Waals surface area contributed by atoms with E-state index in [9.17, 15) is 0 Å². The van der Waals surface area contributed by atoms with Gasteiger partial charge in [0.1, 0.15) is 0 Å². The van der Waals surface area contributed by atoms with E-state index < -0.39 is 0 Å². The van der Waals surface area contributed by atoms with Crippen molar-refractivity contribution in [1.82, 2.24) is 4.90 Å². The summed E-state index contributed by atoms with van der Waals surface area (Å²) in [7, 11) is 0. The van der Waals surface area contributed by atoms with E-state index in [1.165, 1.54) is 0 Å². The first kappa shape index (κ1) is 7.03. The molecule has 0 spiro atoms. The number of nitrogens with two attached hydrogens (primary N) is 1. The fourth-order valence-electron chi connectivity index (χ4n) is 1.29. The molecule has 0 amide bonds. The van der Waals surface area contributed by atoms with Gasteiger partial charge in [0, 0.05) is 18.6 Å². The Morgan fingerprint density at radius 2 is 2.00 bits per heavy atom. The minimum atomic E-state index is 0.163. The molecule has 9 heavy (non-hydrogen) atoms. The van der Waals surface area contributed by atoms with Crippen LogP contribution in [0.25, 0.3) is 0 Å². The molecule has 0 aromatic rings. The second kappa shape index (κ2) is 2.27. The van der Waals surface area contributed by atoms with Gasteiger partial charge in [-0.15, -0.1) is 0 Å². The van der Waals surface area contributed by atoms with Crippen LogP contribution in [0.2, 0.25) is 0 Å². The van der Waals surface area contributed by atoms with E-state index in [-0.39, 0.29) is 5.54 Å². The first-order valence-corrected chi connectivity index (χ1v) is 3.71. The van der Waals surface area contributed by atoms with E-state index in [2.05, 4.69) is 18.7 Å². The lowest BCUT2D eigenvalue weighted by molar-refractivity contribution is 0.0739. The smallest absolute Gasteiger partial charge is 0.0409 e. The Hall–Kier alpha value is -0.0800. The summed E-state index contributed by atoms with van der Waals surface area (Å²) >= 11 is 0. The van der Waals surface area contributed by atoms with Crippen LogP contribution in [0.1, 0.15) is 20.3 Å². The molecule has 0 bridgehead atoms. The van der Waals surface area contributed by atoms with Crippen LogP contribution in [0, 0.1) is 0 Å². The molecular formula is C7H16N2. The number of likely N-dealkylation sites (tertiary alicyclic amines) is 1. The van der Waals surface area contributed by atoms with Crippen molar-refractivity contribution in [1.29, 1.82) is 0 Å². The van der Waals surface area contributed by atoms with Gasteiger partial charge in [0.05, 0.1) is 0 Å². The largest absolute Gasteiger partial charge is 0.323 e. The van der Waals surface area contributed by atoms with Crippen LogP contribution in [-0.2, 0) is 0 Å². The highest BCUT2D eigenvalue weighted by Gasteiger charge is 2.36. The Balaban J connectivity index is 2.24. The fourth-order valence-corrected chi connectivity index (χ4v) is 1.29. The van der Waals surface area contributed by atoms with Crippen molar-refractivity contribution in [3.8, 4) is 0 Å². The summed E-state index contributed by atoms with van der Waals surface area (Å²) in [5.41, 5.74) is 6.09. The maximum absolute atomic E-state index is 5.93. The van der Waals surface area contributed by atoms with E-state index >= 15 is 0 Å². The van der Waals surface area contributed by atoms with Crippen LogP contribution in [-0.4, -0.2) is 30.1 Å². The SMILES string of the molecule is CCN1CC(N)(CC)C1. The third-order valence-corrected chi connectivity index (χ3v) is 2.23. The van der Waals surface area contributed by atoms with Gasteiger partial charge in [-0.2, -0.15) is 0 Å². The normalized spacial score (nSPS) is 25.7. The molecule has 0 unspecified atom stereocenters. The molecule has 2 nitrogen and oxygen atoms in total. The maximum Gasteiger partial charge on any atom is 0.0409 e. The highest BCUT2D eigenvalue weighted by molar-refractivity contribution is 4.97. The molecular weight excluding hydrogens is 112 g/mol. The topological polar surface area (TPSA) is 29.3 Å². The van der Waals surface area contributed by atoms with Crippen LogP contribution in [0.5, 0.6) is 0 Å². The molecule has 0 saturated carbocycles. The molecule has 1 aliphatic rings. The van der Waals surface area contributed by atoms with Gasteiger partial charge in [0.2, 0.25) is 0 Å². The zero-order valence-corrected chi connectivity index (χ0v) is 6.35. The number of likely N-dealkylation sites (N-methyl/N-ethyl adjacent to an activating group) is 1. The second-order valence-electron chi connectivity index (χ2n) is 3.02. The van der Waals surface area contributed by atoms with Crippen molar-refractivity contribution in [2.75, 3.05) is 19.6 Å². The van der Waals surface area contributed by atoms with E-state index in [1.807, 2.05) is 0 Å². The lowest BCUT2D eigenvalue weighted by Gasteiger charge is -2.47. The number of rotatable bonds is 2. The molecule has 1 heterocycles. The lowest BCUT2D eigenvalue weighted by atomic mass is 9.88. The van der Waals surface area contributed by atoms with E-state index in [1.54, 1.807) is 0 Å². The third kappa shape index (κ3) is 1.25. The average molecular weight is 128 g/mol. The molecule has 2 N–H and O–H groups in total. The Labute approximate surface area is 57.0 Å². The summed E-state index contributed by atoms with van der Waals surface area (Å²) < 4.78 is 0. The van der Waals surface area contributed by atoms with E-state index in [0.29, 0.717) is 0 Å². The van der Waals surface area contributed by atoms with Crippen molar-refractivity contribution in [3.63, 3.8) is 0 Å². The highest BCUT2D eigenvalue weighted by Crippen LogP contribution is 2.19. The maximum atomic E-state index is 5.93. The molecule has 1 fully saturated rings. The molecule has 0 radical (unpaired) electrons. The van der Waals surface area contributed by atoms with Crippen LogP contribution < -0.4 is 5.73 Å². The number of hydrogen-bond donors (Lipinski definition) is 1. The Kier molecular flexibility index (Phi) is 1.78. The van der Waals surface area contributed by atoms with Crippen molar-refractivity contribution >= 4 is 0 Å². The van der Waals surface area contributed by atoms with Crippen molar-refractivity contribution in [3.05, 3.63) is 0 Å². The first-order chi connectivity index (χ1) is 4.20. The monoisotopic (exact) mass is 128 g/mol. The molecule has 1 saturated heterocycles. The molecule has 1 rings (SSSR count). The molecule has 2 heteroatoms. The van der Waals surface area contributed by atoms with Gasteiger partial charge in [0.25, 0.3) is 0 Å². The second-order valence-corrected chi connectivity index (χ2v) is 3.02. The minimum absolute atomic E-state index is 0.163. The summed E-state index contributed by atoms with van der Waals surface area (Å²) in [6, 6.07) is 0. The van der Waals surface area contributed by atoms with Gasteiger partial charge in [0.15, 0.2) is 0 Å². The molecule has 1 aliphatic heterocycles. The van der Waals surface area contributed by atoms with Gasteiger partial charge >= 0.3 is 0 Å². The summed E-state index contributed by atoms with van der Waals surface area (Å²) in [5.74, 6) is 0. The van der Waals surface area contributed by atoms with Gasteiger partial charge in [-0.05, 0) is 13.0 Å². The Morgan fingerprint density at radius 1 is 1.44 bits per heavy atom. The first-order valence-electron chi connectivity index (χ1n) is 3.71. The predicted molar refractivity (Wildman–Crippen MR) is 39.3 cm³/mol. The van der Waals surface area contributed by atoms with Crippen molar-refractivity contribution in [2.24, 2.45) is 5.73 Å². The lowest BCUT2D eigenvalue weighted by Crippen LogP contribution is -2.66. The fraction of sp³-hybridized carbons (Fsp3) is 1.00. The Bertz CT molecular complexity index is 95.1. The zero-order valence-electron chi connectivity index (χ0n) is 6.35. The molecule has 0 aromatic carbocycles. The predicted octanol–water partition coefficient (Wildman–Crippen LogP) is 0.429. The third-order valence-electron chi connectivity index (χ3n) is 2.23. The molecule has 0 aliphatic carbocycles. The standard InChI is InChI=1S/C7H16N2/c1-3-7(8)5-9(4-2)6-7/h3-6,8H2,1-2H3. The number of hydrogen-bond acceptors (Lipinski definition) is 2. The zero-order chi connectivity index (χ0) is 6.91. The van der Waals surface area contributed by atoms with Gasteiger partial charge in [-0.3, -0.25) is 4.90 Å². The summed E-state index contributed by atoms with van der Waals surface area (Å²) in [4.78, 5) is 2.36. The van der Waals surface area contributed by atoms with Crippen LogP contribution >= 0.6 is 0 Å². The average Bonchev–Trinajstić information content (AvgIpc) is 1.81. The van der Waals surface area contributed by atoms with E-state index in [0.717, 1.165) is 26.1 Å². The Morgan fingerprint density at radius 3 is 2.33 bits per heavy atom. The van der Waals surface area contributed by atoms with Crippen LogP contribution in [0.15, 0.2) is 0 Å². The minimum Gasteiger partial charge on any atom is -0.323 e. The summed E-state index contributed by atoms with van der Waals surface area (Å²) in [6.45, 7) is 7.68. The summed E-state index contributed by atoms with van der Waals surface area (Å²) in [6.07, 6.45) is 1.11. The number of nitrogens with zero attached hydrogens (tertiary/aromatic N) is 1. The summed E-state index contributed by atoms with van der Waals surface area (Å²) in [5, 5.41) is 0. The molecule has 0 aromatic heterocycles. The van der Waals surface area contributed by atoms with Gasteiger partial charge < -0.3 is 5.73 Å². The van der Waals surface area contributed by atoms with Crippen LogP contribution in [0.4, 0.5) is 0 Å². The highest BCUT2D eigenvalue weighted by atomic mass is 15.2. The van der Waals surface area contributed by atoms with Crippen LogP contribution in [0.3, 0.4) is 0 Å². The van der Waals surface area contributed by atoms with Gasteiger partial charge in [-0.25, -0.2) is 0 Å². The van der Waals surface area contributed by atoms with Gasteiger partial charge in [-0.1, -0.05) is 13.8 Å². The van der Waals surface area contributed by atoms with E-state index in [4.69, 9.17) is 5.73 Å². The van der Waals surface area contributed by atoms with Crippen molar-refractivity contribution in [2.45, 2.75) is 25.8 Å².